The molecular weight excluding hydrogens is 270 g/mol. The van der Waals surface area contributed by atoms with Gasteiger partial charge in [-0.1, -0.05) is 12.1 Å². The van der Waals surface area contributed by atoms with E-state index in [4.69, 9.17) is 25.4 Å². The maximum Gasteiger partial charge on any atom is 0.161 e. The van der Waals surface area contributed by atoms with Gasteiger partial charge in [0.1, 0.15) is 6.61 Å². The van der Waals surface area contributed by atoms with Crippen LogP contribution in [0.4, 0.5) is 0 Å². The van der Waals surface area contributed by atoms with Gasteiger partial charge in [-0.2, -0.15) is 0 Å². The number of methoxy groups -OCH3 is 2. The van der Waals surface area contributed by atoms with Crippen molar-refractivity contribution in [2.45, 2.75) is 6.42 Å². The monoisotopic (exact) mass is 295 g/mol. The highest BCUT2D eigenvalue weighted by Crippen LogP contribution is 2.25. The molecule has 0 radical (unpaired) electrons. The zero-order chi connectivity index (χ0) is 15.5. The molecule has 0 aliphatic heterocycles. The summed E-state index contributed by atoms with van der Waals surface area (Å²) in [4.78, 5) is 2.17. The highest BCUT2D eigenvalue weighted by molar-refractivity contribution is 5.76. The van der Waals surface area contributed by atoms with E-state index in [2.05, 4.69) is 4.90 Å². The van der Waals surface area contributed by atoms with Crippen molar-refractivity contribution >= 4 is 5.84 Å². The summed E-state index contributed by atoms with van der Waals surface area (Å²) in [5, 5.41) is 7.30. The van der Waals surface area contributed by atoms with E-state index in [1.165, 1.54) is 0 Å². The zero-order valence-corrected chi connectivity index (χ0v) is 12.8. The van der Waals surface area contributed by atoms with Crippen molar-refractivity contribution < 1.29 is 14.2 Å². The Morgan fingerprint density at radius 2 is 1.76 bits per heavy atom. The number of rotatable bonds is 11. The number of nitrogens with zero attached hydrogens (tertiary/aromatic N) is 1. The number of amidine groups is 1. The van der Waals surface area contributed by atoms with E-state index < -0.39 is 0 Å². The molecule has 21 heavy (non-hydrogen) atoms. The van der Waals surface area contributed by atoms with Crippen LogP contribution in [0.15, 0.2) is 24.3 Å². The molecule has 1 aromatic carbocycles. The zero-order valence-electron chi connectivity index (χ0n) is 12.8. The third-order valence-electron chi connectivity index (χ3n) is 3.04. The lowest BCUT2D eigenvalue weighted by Gasteiger charge is -2.22. The first kappa shape index (κ1) is 17.3. The van der Waals surface area contributed by atoms with Gasteiger partial charge < -0.3 is 19.9 Å². The summed E-state index contributed by atoms with van der Waals surface area (Å²) < 4.78 is 16.1. The Balaban J connectivity index is 2.42. The number of nitrogens with one attached hydrogen (secondary N) is 1. The fraction of sp³-hybridized carbons (Fsp3) is 0.533. The molecule has 0 amide bonds. The summed E-state index contributed by atoms with van der Waals surface area (Å²) in [6.07, 6.45) is 0.554. The summed E-state index contributed by atoms with van der Waals surface area (Å²) in [6.45, 7) is 3.45. The van der Waals surface area contributed by atoms with Crippen molar-refractivity contribution in [1.29, 1.82) is 5.41 Å². The van der Waals surface area contributed by atoms with Gasteiger partial charge >= 0.3 is 0 Å². The Kier molecular flexibility index (Phi) is 8.23. The van der Waals surface area contributed by atoms with Gasteiger partial charge in [0, 0.05) is 33.2 Å². The summed E-state index contributed by atoms with van der Waals surface area (Å²) in [5.41, 5.74) is 5.40. The second kappa shape index (κ2) is 10.0. The molecule has 0 spiro atoms. The van der Waals surface area contributed by atoms with Gasteiger partial charge in [0.15, 0.2) is 11.5 Å². The van der Waals surface area contributed by atoms with Crippen LogP contribution < -0.4 is 15.2 Å². The Hall–Kier alpha value is -1.79. The van der Waals surface area contributed by atoms with Gasteiger partial charge in [-0.25, -0.2) is 0 Å². The predicted octanol–water partition coefficient (Wildman–Crippen LogP) is 1.35. The molecule has 6 nitrogen and oxygen atoms in total. The minimum absolute atomic E-state index is 0.197. The SMILES string of the molecule is COCCN(CCOc1ccccc1OC)CCC(=N)N. The molecular formula is C15H25N3O3. The standard InChI is InChI=1S/C15H25N3O3/c1-19-11-9-18(8-7-15(16)17)10-12-21-14-6-4-3-5-13(14)20-2/h3-6H,7-12H2,1-2H3,(H3,16,17). The van der Waals surface area contributed by atoms with Crippen molar-refractivity contribution in [1.82, 2.24) is 4.90 Å². The molecule has 0 saturated carbocycles. The van der Waals surface area contributed by atoms with Crippen LogP contribution in [-0.2, 0) is 4.74 Å². The van der Waals surface area contributed by atoms with E-state index in [1.54, 1.807) is 14.2 Å². The second-order valence-corrected chi connectivity index (χ2v) is 4.61. The van der Waals surface area contributed by atoms with Crippen molar-refractivity contribution in [2.75, 3.05) is 47.1 Å². The first-order valence-electron chi connectivity index (χ1n) is 6.97. The Labute approximate surface area is 126 Å². The third kappa shape index (κ3) is 6.97. The molecule has 6 heteroatoms. The molecule has 0 fully saturated rings. The number of para-hydroxylation sites is 2. The number of benzene rings is 1. The number of ether oxygens (including phenoxy) is 3. The average Bonchev–Trinajstić information content (AvgIpc) is 2.49. The van der Waals surface area contributed by atoms with Crippen LogP contribution in [0.5, 0.6) is 11.5 Å². The van der Waals surface area contributed by atoms with Crippen molar-refractivity contribution in [3.05, 3.63) is 24.3 Å². The van der Waals surface area contributed by atoms with Gasteiger partial charge in [-0.15, -0.1) is 0 Å². The molecule has 0 unspecified atom stereocenters. The summed E-state index contributed by atoms with van der Waals surface area (Å²) in [6, 6.07) is 7.57. The maximum atomic E-state index is 7.30. The molecule has 0 bridgehead atoms. The molecule has 0 aliphatic rings. The topological polar surface area (TPSA) is 80.8 Å². The van der Waals surface area contributed by atoms with Crippen LogP contribution in [0.2, 0.25) is 0 Å². The minimum Gasteiger partial charge on any atom is -0.493 e. The fourth-order valence-electron chi connectivity index (χ4n) is 1.86. The maximum absolute atomic E-state index is 7.30. The summed E-state index contributed by atoms with van der Waals surface area (Å²) in [5.74, 6) is 1.66. The average molecular weight is 295 g/mol. The van der Waals surface area contributed by atoms with Gasteiger partial charge in [0.2, 0.25) is 0 Å². The highest BCUT2D eigenvalue weighted by atomic mass is 16.5. The number of nitrogens with two attached hydrogens (primary N) is 1. The lowest BCUT2D eigenvalue weighted by molar-refractivity contribution is 0.136. The smallest absolute Gasteiger partial charge is 0.161 e. The number of hydrogen-bond donors (Lipinski definition) is 2. The Morgan fingerprint density at radius 1 is 1.10 bits per heavy atom. The third-order valence-corrected chi connectivity index (χ3v) is 3.04. The van der Waals surface area contributed by atoms with Crippen LogP contribution in [0.25, 0.3) is 0 Å². The van der Waals surface area contributed by atoms with Crippen LogP contribution in [0.1, 0.15) is 6.42 Å². The van der Waals surface area contributed by atoms with Gasteiger partial charge in [-0.3, -0.25) is 10.3 Å². The lowest BCUT2D eigenvalue weighted by Crippen LogP contribution is -2.34. The summed E-state index contributed by atoms with van der Waals surface area (Å²) in [7, 11) is 3.30. The second-order valence-electron chi connectivity index (χ2n) is 4.61. The van der Waals surface area contributed by atoms with E-state index >= 15 is 0 Å². The van der Waals surface area contributed by atoms with E-state index in [-0.39, 0.29) is 5.84 Å². The molecule has 3 N–H and O–H groups in total. The largest absolute Gasteiger partial charge is 0.493 e. The van der Waals surface area contributed by atoms with Gasteiger partial charge in [-0.05, 0) is 12.1 Å². The molecule has 1 rings (SSSR count). The molecule has 118 valence electrons. The normalized spacial score (nSPS) is 10.6. The first-order valence-corrected chi connectivity index (χ1v) is 6.97. The molecule has 0 aliphatic carbocycles. The molecule has 1 aromatic rings. The summed E-state index contributed by atoms with van der Waals surface area (Å²) >= 11 is 0. The molecule has 0 atom stereocenters. The highest BCUT2D eigenvalue weighted by Gasteiger charge is 2.07. The minimum atomic E-state index is 0.197. The lowest BCUT2D eigenvalue weighted by atomic mass is 10.3. The Morgan fingerprint density at radius 3 is 2.38 bits per heavy atom. The first-order chi connectivity index (χ1) is 10.2. The van der Waals surface area contributed by atoms with E-state index in [1.807, 2.05) is 24.3 Å². The fourth-order valence-corrected chi connectivity index (χ4v) is 1.86. The molecule has 0 saturated heterocycles. The Bertz CT molecular complexity index is 426. The van der Waals surface area contributed by atoms with Crippen LogP contribution in [-0.4, -0.2) is 57.8 Å². The number of hydrogen-bond acceptors (Lipinski definition) is 5. The van der Waals surface area contributed by atoms with Crippen molar-refractivity contribution in [2.24, 2.45) is 5.73 Å². The quantitative estimate of drug-likeness (QED) is 0.476. The van der Waals surface area contributed by atoms with E-state index in [9.17, 15) is 0 Å². The molecule has 0 aromatic heterocycles. The van der Waals surface area contributed by atoms with Gasteiger partial charge in [0.05, 0.1) is 19.6 Å². The van der Waals surface area contributed by atoms with E-state index in [0.29, 0.717) is 19.6 Å². The van der Waals surface area contributed by atoms with Gasteiger partial charge in [0.25, 0.3) is 0 Å². The van der Waals surface area contributed by atoms with Crippen molar-refractivity contribution in [3.63, 3.8) is 0 Å². The van der Waals surface area contributed by atoms with Crippen LogP contribution >= 0.6 is 0 Å². The van der Waals surface area contributed by atoms with E-state index in [0.717, 1.165) is 31.1 Å². The molecule has 0 heterocycles. The van der Waals surface area contributed by atoms with Crippen molar-refractivity contribution in [3.8, 4) is 11.5 Å². The predicted molar refractivity (Wildman–Crippen MR) is 83.3 cm³/mol. The van der Waals surface area contributed by atoms with Crippen LogP contribution in [0, 0.1) is 5.41 Å². The van der Waals surface area contributed by atoms with Crippen LogP contribution in [0.3, 0.4) is 0 Å².